The van der Waals surface area contributed by atoms with Crippen LogP contribution in [0.1, 0.15) is 33.5 Å². The van der Waals surface area contributed by atoms with E-state index in [0.717, 1.165) is 18.4 Å². The van der Waals surface area contributed by atoms with Crippen LogP contribution in [-0.4, -0.2) is 24.1 Å². The van der Waals surface area contributed by atoms with E-state index in [0.29, 0.717) is 23.2 Å². The molecule has 0 bridgehead atoms. The van der Waals surface area contributed by atoms with Crippen LogP contribution in [0, 0.1) is 10.8 Å². The van der Waals surface area contributed by atoms with Crippen LogP contribution in [0.3, 0.4) is 0 Å². The third kappa shape index (κ3) is 4.67. The molecule has 2 aromatic carbocycles. The van der Waals surface area contributed by atoms with Crippen LogP contribution in [0.5, 0.6) is 0 Å². The summed E-state index contributed by atoms with van der Waals surface area (Å²) >= 11 is 0. The standard InChI is InChI=1S/C18H21N5O/c19-16(20)13-6-8-14(9-7-13)18(24)23-10-2-4-12-3-1-5-15(11-12)17(21)22/h1,3,5-9,11H,2,4,10H2,(H3,19,20)(H3,21,22)(H,23,24). The molecule has 0 atom stereocenters. The van der Waals surface area contributed by atoms with Crippen molar-refractivity contribution in [2.24, 2.45) is 11.5 Å². The minimum Gasteiger partial charge on any atom is -0.384 e. The Balaban J connectivity index is 1.81. The Morgan fingerprint density at radius 1 is 0.917 bits per heavy atom. The second kappa shape index (κ2) is 7.92. The van der Waals surface area contributed by atoms with Crippen LogP contribution in [0.25, 0.3) is 0 Å². The molecule has 0 aliphatic heterocycles. The van der Waals surface area contributed by atoms with E-state index >= 15 is 0 Å². The number of hydrogen-bond acceptors (Lipinski definition) is 3. The van der Waals surface area contributed by atoms with Gasteiger partial charge in [-0.05, 0) is 36.6 Å². The number of nitrogens with one attached hydrogen (secondary N) is 3. The van der Waals surface area contributed by atoms with Crippen LogP contribution >= 0.6 is 0 Å². The van der Waals surface area contributed by atoms with Gasteiger partial charge in [-0.3, -0.25) is 15.6 Å². The molecule has 124 valence electrons. The van der Waals surface area contributed by atoms with Gasteiger partial charge in [0.05, 0.1) is 0 Å². The number of carbonyl (C=O) groups is 1. The molecule has 2 rings (SSSR count). The summed E-state index contributed by atoms with van der Waals surface area (Å²) in [7, 11) is 0. The Bertz CT molecular complexity index is 752. The largest absolute Gasteiger partial charge is 0.384 e. The smallest absolute Gasteiger partial charge is 0.251 e. The van der Waals surface area contributed by atoms with Crippen molar-refractivity contribution in [1.82, 2.24) is 5.32 Å². The molecule has 0 saturated heterocycles. The van der Waals surface area contributed by atoms with Crippen LogP contribution < -0.4 is 16.8 Å². The molecule has 7 N–H and O–H groups in total. The maximum Gasteiger partial charge on any atom is 0.251 e. The second-order valence-corrected chi connectivity index (χ2v) is 5.46. The predicted molar refractivity (Wildman–Crippen MR) is 95.6 cm³/mol. The van der Waals surface area contributed by atoms with Gasteiger partial charge in [0, 0.05) is 23.2 Å². The number of aryl methyl sites for hydroxylation is 1. The van der Waals surface area contributed by atoms with Gasteiger partial charge in [-0.15, -0.1) is 0 Å². The van der Waals surface area contributed by atoms with E-state index < -0.39 is 0 Å². The molecule has 0 spiro atoms. The average molecular weight is 323 g/mol. The van der Waals surface area contributed by atoms with Gasteiger partial charge in [0.2, 0.25) is 0 Å². The number of carbonyl (C=O) groups excluding carboxylic acids is 1. The zero-order valence-electron chi connectivity index (χ0n) is 13.3. The lowest BCUT2D eigenvalue weighted by Gasteiger charge is -2.07. The monoisotopic (exact) mass is 323 g/mol. The molecule has 0 saturated carbocycles. The SMILES string of the molecule is N=C(N)c1ccc(C(=O)NCCCc2cccc(C(=N)N)c2)cc1. The van der Waals surface area contributed by atoms with E-state index in [4.69, 9.17) is 22.3 Å². The molecule has 1 amide bonds. The molecule has 0 aliphatic carbocycles. The summed E-state index contributed by atoms with van der Waals surface area (Å²) in [6.07, 6.45) is 1.59. The van der Waals surface area contributed by atoms with Gasteiger partial charge in [-0.2, -0.15) is 0 Å². The molecular weight excluding hydrogens is 302 g/mol. The molecule has 0 aliphatic rings. The fraction of sp³-hybridized carbons (Fsp3) is 0.167. The highest BCUT2D eigenvalue weighted by atomic mass is 16.1. The number of benzene rings is 2. The number of amides is 1. The Morgan fingerprint density at radius 2 is 1.54 bits per heavy atom. The molecule has 0 aromatic heterocycles. The van der Waals surface area contributed by atoms with Crippen LogP contribution in [0.4, 0.5) is 0 Å². The van der Waals surface area contributed by atoms with Crippen molar-refractivity contribution in [1.29, 1.82) is 10.8 Å². The normalized spacial score (nSPS) is 10.2. The molecule has 0 fully saturated rings. The van der Waals surface area contributed by atoms with Gasteiger partial charge < -0.3 is 16.8 Å². The summed E-state index contributed by atoms with van der Waals surface area (Å²) in [4.78, 5) is 12.0. The molecular formula is C18H21N5O. The first-order valence-corrected chi connectivity index (χ1v) is 7.63. The maximum atomic E-state index is 12.0. The first kappa shape index (κ1) is 17.2. The van der Waals surface area contributed by atoms with E-state index in [1.807, 2.05) is 18.2 Å². The van der Waals surface area contributed by atoms with Crippen molar-refractivity contribution in [2.75, 3.05) is 6.54 Å². The summed E-state index contributed by atoms with van der Waals surface area (Å²) in [5.41, 5.74) is 13.8. The lowest BCUT2D eigenvalue weighted by atomic mass is 10.1. The van der Waals surface area contributed by atoms with Crippen molar-refractivity contribution >= 4 is 17.6 Å². The third-order valence-electron chi connectivity index (χ3n) is 3.62. The van der Waals surface area contributed by atoms with E-state index in [-0.39, 0.29) is 17.6 Å². The number of rotatable bonds is 7. The van der Waals surface area contributed by atoms with E-state index in [9.17, 15) is 4.79 Å². The second-order valence-electron chi connectivity index (χ2n) is 5.46. The zero-order valence-corrected chi connectivity index (χ0v) is 13.3. The van der Waals surface area contributed by atoms with Crippen molar-refractivity contribution < 1.29 is 4.79 Å². The molecule has 0 radical (unpaired) electrons. The highest BCUT2D eigenvalue weighted by molar-refractivity contribution is 5.98. The summed E-state index contributed by atoms with van der Waals surface area (Å²) in [5, 5.41) is 17.6. The molecule has 0 unspecified atom stereocenters. The molecule has 6 nitrogen and oxygen atoms in total. The number of nitrogens with two attached hydrogens (primary N) is 2. The minimum atomic E-state index is -0.150. The summed E-state index contributed by atoms with van der Waals surface area (Å²) in [6, 6.07) is 14.2. The van der Waals surface area contributed by atoms with Gasteiger partial charge in [0.1, 0.15) is 11.7 Å². The fourth-order valence-electron chi connectivity index (χ4n) is 2.29. The summed E-state index contributed by atoms with van der Waals surface area (Å²) in [6.45, 7) is 0.553. The Labute approximate surface area is 140 Å². The predicted octanol–water partition coefficient (Wildman–Crippen LogP) is 1.62. The van der Waals surface area contributed by atoms with Gasteiger partial charge in [-0.25, -0.2) is 0 Å². The molecule has 6 heteroatoms. The topological polar surface area (TPSA) is 129 Å². The van der Waals surface area contributed by atoms with Crippen molar-refractivity contribution in [3.05, 3.63) is 70.8 Å². The highest BCUT2D eigenvalue weighted by Crippen LogP contribution is 2.07. The van der Waals surface area contributed by atoms with Crippen LogP contribution in [0.2, 0.25) is 0 Å². The Morgan fingerprint density at radius 3 is 2.17 bits per heavy atom. The van der Waals surface area contributed by atoms with E-state index in [2.05, 4.69) is 5.32 Å². The summed E-state index contributed by atoms with van der Waals surface area (Å²) < 4.78 is 0. The van der Waals surface area contributed by atoms with Crippen LogP contribution in [-0.2, 0) is 6.42 Å². The maximum absolute atomic E-state index is 12.0. The van der Waals surface area contributed by atoms with Crippen molar-refractivity contribution in [3.63, 3.8) is 0 Å². The Kier molecular flexibility index (Phi) is 5.68. The average Bonchev–Trinajstić information content (AvgIpc) is 2.59. The van der Waals surface area contributed by atoms with Gasteiger partial charge in [0.25, 0.3) is 5.91 Å². The molecule has 24 heavy (non-hydrogen) atoms. The molecule has 0 heterocycles. The lowest BCUT2D eigenvalue weighted by Crippen LogP contribution is -2.25. The van der Waals surface area contributed by atoms with E-state index in [1.165, 1.54) is 0 Å². The fourth-order valence-corrected chi connectivity index (χ4v) is 2.29. The van der Waals surface area contributed by atoms with Gasteiger partial charge in [-0.1, -0.05) is 30.3 Å². The third-order valence-corrected chi connectivity index (χ3v) is 3.62. The van der Waals surface area contributed by atoms with Gasteiger partial charge in [0.15, 0.2) is 0 Å². The van der Waals surface area contributed by atoms with Crippen LogP contribution in [0.15, 0.2) is 48.5 Å². The number of amidine groups is 2. The zero-order chi connectivity index (χ0) is 17.5. The number of hydrogen-bond donors (Lipinski definition) is 5. The van der Waals surface area contributed by atoms with Crippen molar-refractivity contribution in [2.45, 2.75) is 12.8 Å². The Hall–Kier alpha value is -3.15. The lowest BCUT2D eigenvalue weighted by molar-refractivity contribution is 0.0953. The first-order chi connectivity index (χ1) is 11.5. The summed E-state index contributed by atoms with van der Waals surface area (Å²) in [5.74, 6) is -0.114. The minimum absolute atomic E-state index is 0.0188. The highest BCUT2D eigenvalue weighted by Gasteiger charge is 2.05. The quantitative estimate of drug-likeness (QED) is 0.301. The molecule has 2 aromatic rings. The van der Waals surface area contributed by atoms with Crippen molar-refractivity contribution in [3.8, 4) is 0 Å². The van der Waals surface area contributed by atoms with E-state index in [1.54, 1.807) is 30.3 Å². The number of nitrogen functional groups attached to an aromatic ring is 2. The van der Waals surface area contributed by atoms with Gasteiger partial charge >= 0.3 is 0 Å². The first-order valence-electron chi connectivity index (χ1n) is 7.63.